The molecule has 7 heteroatoms. The fourth-order valence-electron chi connectivity index (χ4n) is 3.55. The van der Waals surface area contributed by atoms with Gasteiger partial charge in [-0.1, -0.05) is 25.1 Å². The smallest absolute Gasteiger partial charge is 0.260 e. The van der Waals surface area contributed by atoms with Crippen LogP contribution in [0.4, 0.5) is 0 Å². The minimum absolute atomic E-state index is 0.112. The van der Waals surface area contributed by atoms with Crippen LogP contribution in [0.3, 0.4) is 0 Å². The van der Waals surface area contributed by atoms with Gasteiger partial charge < -0.3 is 20.4 Å². The van der Waals surface area contributed by atoms with Crippen LogP contribution in [0, 0.1) is 4.77 Å². The van der Waals surface area contributed by atoms with Gasteiger partial charge in [0.05, 0.1) is 6.04 Å². The van der Waals surface area contributed by atoms with E-state index < -0.39 is 6.04 Å². The summed E-state index contributed by atoms with van der Waals surface area (Å²) in [5.74, 6) is -0.192. The summed E-state index contributed by atoms with van der Waals surface area (Å²) in [6.45, 7) is 2.11. The van der Waals surface area contributed by atoms with Crippen molar-refractivity contribution in [3.05, 3.63) is 56.2 Å². The molecule has 0 fully saturated rings. The van der Waals surface area contributed by atoms with E-state index in [2.05, 4.69) is 33.3 Å². The number of hydrogen-bond acceptors (Lipinski definition) is 4. The van der Waals surface area contributed by atoms with Crippen molar-refractivity contribution in [3.8, 4) is 5.88 Å². The number of aromatic hydroxyl groups is 1. The van der Waals surface area contributed by atoms with Gasteiger partial charge in [0.25, 0.3) is 5.56 Å². The topological polar surface area (TPSA) is 96.7 Å². The van der Waals surface area contributed by atoms with E-state index >= 15 is 0 Å². The Morgan fingerprint density at radius 3 is 2.79 bits per heavy atom. The Morgan fingerprint density at radius 1 is 1.25 bits per heavy atom. The third-order valence-electron chi connectivity index (χ3n) is 4.73. The second-order valence-corrected chi connectivity index (χ2v) is 6.55. The Kier molecular flexibility index (Phi) is 3.54. The Labute approximate surface area is 143 Å². The van der Waals surface area contributed by atoms with Crippen molar-refractivity contribution in [2.75, 3.05) is 0 Å². The predicted octanol–water partition coefficient (Wildman–Crippen LogP) is 2.63. The first-order valence-corrected chi connectivity index (χ1v) is 8.40. The lowest BCUT2D eigenvalue weighted by Gasteiger charge is -2.30. The Hall–Kier alpha value is -2.38. The first-order chi connectivity index (χ1) is 11.6. The van der Waals surface area contributed by atoms with Crippen molar-refractivity contribution in [2.45, 2.75) is 31.8 Å². The fourth-order valence-corrected chi connectivity index (χ4v) is 3.74. The maximum Gasteiger partial charge on any atom is 0.260 e. The molecule has 2 aromatic heterocycles. The first-order valence-electron chi connectivity index (χ1n) is 7.99. The maximum atomic E-state index is 12.4. The molecule has 124 valence electrons. The van der Waals surface area contributed by atoms with E-state index in [1.165, 1.54) is 5.56 Å². The number of benzene rings is 1. The quantitative estimate of drug-likeness (QED) is 0.463. The molecule has 1 aromatic carbocycles. The highest BCUT2D eigenvalue weighted by molar-refractivity contribution is 7.71. The van der Waals surface area contributed by atoms with Crippen molar-refractivity contribution in [3.63, 3.8) is 0 Å². The van der Waals surface area contributed by atoms with Crippen LogP contribution in [0.5, 0.6) is 5.88 Å². The number of para-hydroxylation sites is 1. The molecule has 0 aliphatic carbocycles. The highest BCUT2D eigenvalue weighted by Crippen LogP contribution is 2.36. The summed E-state index contributed by atoms with van der Waals surface area (Å²) in [4.78, 5) is 21.0. The molecule has 2 atom stereocenters. The number of hydrogen-bond donors (Lipinski definition) is 5. The summed E-state index contributed by atoms with van der Waals surface area (Å²) < 4.78 is 0.112. The molecule has 4 rings (SSSR count). The third kappa shape index (κ3) is 2.28. The van der Waals surface area contributed by atoms with E-state index in [1.807, 2.05) is 18.2 Å². The fraction of sp³-hybridized carbons (Fsp3) is 0.294. The molecule has 1 aliphatic heterocycles. The molecule has 1 aliphatic rings. The molecule has 0 unspecified atom stereocenters. The van der Waals surface area contributed by atoms with Gasteiger partial charge in [-0.15, -0.1) is 0 Å². The number of rotatable bonds is 2. The summed E-state index contributed by atoms with van der Waals surface area (Å²) in [7, 11) is 0. The van der Waals surface area contributed by atoms with Crippen molar-refractivity contribution < 1.29 is 5.11 Å². The maximum absolute atomic E-state index is 12.4. The monoisotopic (exact) mass is 342 g/mol. The van der Waals surface area contributed by atoms with E-state index in [1.54, 1.807) is 0 Å². The summed E-state index contributed by atoms with van der Waals surface area (Å²) in [6, 6.07) is 7.91. The van der Waals surface area contributed by atoms with E-state index in [0.29, 0.717) is 0 Å². The second-order valence-electron chi connectivity index (χ2n) is 6.14. The molecule has 5 N–H and O–H groups in total. The van der Waals surface area contributed by atoms with Crippen LogP contribution >= 0.6 is 12.2 Å². The lowest BCUT2D eigenvalue weighted by atomic mass is 9.90. The molecule has 6 nitrogen and oxygen atoms in total. The highest BCUT2D eigenvalue weighted by atomic mass is 32.1. The number of nitrogens with one attached hydrogen (secondary N) is 4. The molecule has 0 amide bonds. The minimum Gasteiger partial charge on any atom is -0.494 e. The second kappa shape index (κ2) is 5.61. The van der Waals surface area contributed by atoms with Gasteiger partial charge in [0.15, 0.2) is 4.77 Å². The van der Waals surface area contributed by atoms with Crippen molar-refractivity contribution >= 4 is 23.1 Å². The number of aromatic nitrogens is 3. The number of aromatic amines is 3. The lowest BCUT2D eigenvalue weighted by molar-refractivity contribution is 0.393. The van der Waals surface area contributed by atoms with Crippen molar-refractivity contribution in [1.82, 2.24) is 20.3 Å². The van der Waals surface area contributed by atoms with Crippen LogP contribution in [0.2, 0.25) is 0 Å². The molecule has 0 saturated heterocycles. The van der Waals surface area contributed by atoms with Gasteiger partial charge in [0.2, 0.25) is 5.88 Å². The molecule has 24 heavy (non-hydrogen) atoms. The van der Waals surface area contributed by atoms with Gasteiger partial charge in [-0.05, 0) is 36.7 Å². The van der Waals surface area contributed by atoms with Crippen LogP contribution < -0.4 is 10.9 Å². The van der Waals surface area contributed by atoms with Crippen LogP contribution in [0.15, 0.2) is 29.1 Å². The molecular weight excluding hydrogens is 324 g/mol. The van der Waals surface area contributed by atoms with Gasteiger partial charge in [-0.3, -0.25) is 9.78 Å². The lowest BCUT2D eigenvalue weighted by Crippen LogP contribution is -2.41. The Balaban J connectivity index is 1.98. The standard InChI is InChI=1S/C17H18N4O2S/c1-2-8-7-10-9-5-3-4-6-11(9)19-13(10)14(18-8)12-15(22)20-17(24)21-16(12)23/h3-6,8,14,18-19H,2,7H2,1H3,(H3,20,21,22,23,24)/t8-,14+/m0/s1. The zero-order valence-electron chi connectivity index (χ0n) is 13.1. The normalized spacial score (nSPS) is 20.2. The average molecular weight is 342 g/mol. The summed E-state index contributed by atoms with van der Waals surface area (Å²) in [5.41, 5.74) is 3.03. The van der Waals surface area contributed by atoms with E-state index in [4.69, 9.17) is 12.2 Å². The van der Waals surface area contributed by atoms with E-state index in [9.17, 15) is 9.90 Å². The van der Waals surface area contributed by atoms with Gasteiger partial charge >= 0.3 is 0 Å². The Bertz CT molecular complexity index is 1030. The van der Waals surface area contributed by atoms with Crippen LogP contribution in [0.1, 0.15) is 36.2 Å². The van der Waals surface area contributed by atoms with Crippen LogP contribution in [0.25, 0.3) is 10.9 Å². The first kappa shape index (κ1) is 15.2. The largest absolute Gasteiger partial charge is 0.494 e. The summed E-state index contributed by atoms with van der Waals surface area (Å²) in [6.07, 6.45) is 1.81. The summed E-state index contributed by atoms with van der Waals surface area (Å²) >= 11 is 4.93. The van der Waals surface area contributed by atoms with E-state index in [0.717, 1.165) is 29.4 Å². The number of fused-ring (bicyclic) bond motifs is 3. The third-order valence-corrected chi connectivity index (χ3v) is 4.93. The molecule has 0 spiro atoms. The Morgan fingerprint density at radius 2 is 2.04 bits per heavy atom. The van der Waals surface area contributed by atoms with Gasteiger partial charge in [-0.25, -0.2) is 0 Å². The molecule has 0 saturated carbocycles. The zero-order valence-corrected chi connectivity index (χ0v) is 14.0. The highest BCUT2D eigenvalue weighted by Gasteiger charge is 2.33. The molecule has 0 radical (unpaired) electrons. The summed E-state index contributed by atoms with van der Waals surface area (Å²) in [5, 5.41) is 14.9. The van der Waals surface area contributed by atoms with Crippen molar-refractivity contribution in [2.24, 2.45) is 0 Å². The van der Waals surface area contributed by atoms with Crippen LogP contribution in [-0.2, 0) is 6.42 Å². The van der Waals surface area contributed by atoms with Gasteiger partial charge in [0.1, 0.15) is 5.56 Å². The molecular formula is C17H18N4O2S. The van der Waals surface area contributed by atoms with Crippen molar-refractivity contribution in [1.29, 1.82) is 0 Å². The van der Waals surface area contributed by atoms with Gasteiger partial charge in [-0.2, -0.15) is 0 Å². The molecule has 0 bridgehead atoms. The molecule has 3 heterocycles. The number of H-pyrrole nitrogens is 3. The zero-order chi connectivity index (χ0) is 16.8. The van der Waals surface area contributed by atoms with Gasteiger partial charge in [0, 0.05) is 22.6 Å². The SMILES string of the molecule is CC[C@H]1Cc2c([nH]c3ccccc23)[C@@H](c2c(O)[nH]c(=S)[nH]c2=O)N1. The average Bonchev–Trinajstić information content (AvgIpc) is 2.92. The predicted molar refractivity (Wildman–Crippen MR) is 95.0 cm³/mol. The van der Waals surface area contributed by atoms with Crippen LogP contribution in [-0.4, -0.2) is 26.1 Å². The minimum atomic E-state index is -0.415. The van der Waals surface area contributed by atoms with E-state index in [-0.39, 0.29) is 27.8 Å². The molecule has 3 aromatic rings.